The summed E-state index contributed by atoms with van der Waals surface area (Å²) >= 11 is 1.82. The maximum atomic E-state index is 3.64. The molecule has 0 fully saturated rings. The Balaban J connectivity index is 2.27. The van der Waals surface area contributed by atoms with E-state index in [9.17, 15) is 0 Å². The summed E-state index contributed by atoms with van der Waals surface area (Å²) in [5, 5.41) is 5.91. The quantitative estimate of drug-likeness (QED) is 0.836. The third-order valence-electron chi connectivity index (χ3n) is 3.09. The minimum atomic E-state index is 0.329. The minimum Gasteiger partial charge on any atom is -0.306 e. The fraction of sp³-hybridized carbons (Fsp3) is 0.375. The molecule has 18 heavy (non-hydrogen) atoms. The zero-order chi connectivity index (χ0) is 13.0. The first-order valence-corrected chi connectivity index (χ1v) is 7.43. The van der Waals surface area contributed by atoms with Crippen molar-refractivity contribution in [3.63, 3.8) is 0 Å². The maximum Gasteiger partial charge on any atom is 0.0585 e. The van der Waals surface area contributed by atoms with Crippen LogP contribution in [-0.2, 0) is 0 Å². The Morgan fingerprint density at radius 1 is 1.11 bits per heavy atom. The third-order valence-corrected chi connectivity index (χ3v) is 3.97. The summed E-state index contributed by atoms with van der Waals surface area (Å²) in [4.78, 5) is 1.38. The molecular weight excluding hydrogens is 238 g/mol. The molecule has 0 aliphatic rings. The van der Waals surface area contributed by atoms with E-state index in [-0.39, 0.29) is 0 Å². The molecule has 0 saturated carbocycles. The summed E-state index contributed by atoms with van der Waals surface area (Å²) in [7, 11) is 0. The van der Waals surface area contributed by atoms with Gasteiger partial charge in [0, 0.05) is 4.88 Å². The molecule has 0 bridgehead atoms. The topological polar surface area (TPSA) is 12.0 Å². The van der Waals surface area contributed by atoms with E-state index in [0.29, 0.717) is 6.04 Å². The second-order valence-corrected chi connectivity index (χ2v) is 5.90. The normalized spacial score (nSPS) is 12.6. The molecule has 0 spiro atoms. The highest BCUT2D eigenvalue weighted by Crippen LogP contribution is 2.26. The molecule has 1 unspecified atom stereocenters. The molecule has 2 aromatic rings. The van der Waals surface area contributed by atoms with E-state index in [1.807, 2.05) is 11.3 Å². The van der Waals surface area contributed by atoms with Crippen molar-refractivity contribution < 1.29 is 0 Å². The molecule has 1 heterocycles. The van der Waals surface area contributed by atoms with Gasteiger partial charge in [0.25, 0.3) is 0 Å². The average Bonchev–Trinajstić information content (AvgIpc) is 2.78. The maximum absolute atomic E-state index is 3.64. The first kappa shape index (κ1) is 13.3. The number of aryl methyl sites for hydroxylation is 2. The van der Waals surface area contributed by atoms with Crippen molar-refractivity contribution in [2.75, 3.05) is 6.54 Å². The fourth-order valence-corrected chi connectivity index (χ4v) is 2.82. The summed E-state index contributed by atoms with van der Waals surface area (Å²) in [5.41, 5.74) is 4.05. The largest absolute Gasteiger partial charge is 0.306 e. The number of thiophene rings is 1. The van der Waals surface area contributed by atoms with Gasteiger partial charge in [-0.25, -0.2) is 0 Å². The smallest absolute Gasteiger partial charge is 0.0585 e. The molecular formula is C16H21NS. The van der Waals surface area contributed by atoms with Crippen molar-refractivity contribution in [2.24, 2.45) is 0 Å². The van der Waals surface area contributed by atoms with Crippen LogP contribution in [0.25, 0.3) is 0 Å². The SMILES string of the molecule is CCCNC(c1ccc(C)cc1)c1csc(C)c1. The molecule has 1 nitrogen and oxygen atoms in total. The highest BCUT2D eigenvalue weighted by molar-refractivity contribution is 7.10. The molecule has 1 atom stereocenters. The van der Waals surface area contributed by atoms with Crippen molar-refractivity contribution in [3.05, 3.63) is 57.3 Å². The Bertz CT molecular complexity index is 484. The molecule has 0 amide bonds. The lowest BCUT2D eigenvalue weighted by atomic mass is 10.00. The zero-order valence-corrected chi connectivity index (χ0v) is 12.2. The molecule has 0 aliphatic heterocycles. The van der Waals surface area contributed by atoms with Gasteiger partial charge in [0.05, 0.1) is 6.04 Å². The Hall–Kier alpha value is -1.12. The average molecular weight is 259 g/mol. The predicted molar refractivity (Wildman–Crippen MR) is 80.4 cm³/mol. The first-order chi connectivity index (χ1) is 8.70. The highest BCUT2D eigenvalue weighted by Gasteiger charge is 2.14. The highest BCUT2D eigenvalue weighted by atomic mass is 32.1. The minimum absolute atomic E-state index is 0.329. The predicted octanol–water partition coefficient (Wildman–Crippen LogP) is 4.45. The van der Waals surface area contributed by atoms with Crippen LogP contribution in [0.5, 0.6) is 0 Å². The van der Waals surface area contributed by atoms with Crippen LogP contribution in [-0.4, -0.2) is 6.54 Å². The van der Waals surface area contributed by atoms with E-state index in [4.69, 9.17) is 0 Å². The fourth-order valence-electron chi connectivity index (χ4n) is 2.09. The van der Waals surface area contributed by atoms with E-state index in [1.165, 1.54) is 21.6 Å². The summed E-state index contributed by atoms with van der Waals surface area (Å²) in [6.45, 7) is 7.55. The third kappa shape index (κ3) is 3.21. The summed E-state index contributed by atoms with van der Waals surface area (Å²) in [6, 6.07) is 11.5. The van der Waals surface area contributed by atoms with Gasteiger partial charge in [-0.2, -0.15) is 0 Å². The van der Waals surface area contributed by atoms with Gasteiger partial charge in [0.1, 0.15) is 0 Å². The van der Waals surface area contributed by atoms with E-state index >= 15 is 0 Å². The van der Waals surface area contributed by atoms with Gasteiger partial charge in [0.2, 0.25) is 0 Å². The summed E-state index contributed by atoms with van der Waals surface area (Å²) in [6.07, 6.45) is 1.16. The van der Waals surface area contributed by atoms with Gasteiger partial charge < -0.3 is 5.32 Å². The van der Waals surface area contributed by atoms with Crippen molar-refractivity contribution in [3.8, 4) is 0 Å². The van der Waals surface area contributed by atoms with Crippen molar-refractivity contribution >= 4 is 11.3 Å². The Labute approximate surface area is 114 Å². The monoisotopic (exact) mass is 259 g/mol. The van der Waals surface area contributed by atoms with E-state index in [0.717, 1.165) is 13.0 Å². The molecule has 1 aromatic carbocycles. The Kier molecular flexibility index (Phi) is 4.56. The summed E-state index contributed by atoms with van der Waals surface area (Å²) < 4.78 is 0. The lowest BCUT2D eigenvalue weighted by Crippen LogP contribution is -2.22. The zero-order valence-electron chi connectivity index (χ0n) is 11.4. The van der Waals surface area contributed by atoms with Crippen LogP contribution in [0.1, 0.15) is 41.0 Å². The molecule has 0 aliphatic carbocycles. The van der Waals surface area contributed by atoms with Crippen LogP contribution >= 0.6 is 11.3 Å². The van der Waals surface area contributed by atoms with Crippen LogP contribution < -0.4 is 5.32 Å². The van der Waals surface area contributed by atoms with E-state index in [2.05, 4.69) is 61.8 Å². The van der Waals surface area contributed by atoms with Crippen LogP contribution in [0.2, 0.25) is 0 Å². The Morgan fingerprint density at radius 2 is 1.83 bits per heavy atom. The van der Waals surface area contributed by atoms with Gasteiger partial charge in [-0.3, -0.25) is 0 Å². The number of rotatable bonds is 5. The van der Waals surface area contributed by atoms with Crippen molar-refractivity contribution in [2.45, 2.75) is 33.2 Å². The van der Waals surface area contributed by atoms with Crippen LogP contribution in [0.3, 0.4) is 0 Å². The molecule has 96 valence electrons. The van der Waals surface area contributed by atoms with Crippen LogP contribution in [0.15, 0.2) is 35.7 Å². The van der Waals surface area contributed by atoms with Gasteiger partial charge in [-0.15, -0.1) is 11.3 Å². The summed E-state index contributed by atoms with van der Waals surface area (Å²) in [5.74, 6) is 0. The van der Waals surface area contributed by atoms with Gasteiger partial charge in [-0.1, -0.05) is 36.8 Å². The van der Waals surface area contributed by atoms with Gasteiger partial charge in [-0.05, 0) is 49.4 Å². The molecule has 2 heteroatoms. The first-order valence-electron chi connectivity index (χ1n) is 6.55. The van der Waals surface area contributed by atoms with E-state index in [1.54, 1.807) is 0 Å². The number of nitrogens with one attached hydrogen (secondary N) is 1. The van der Waals surface area contributed by atoms with Crippen molar-refractivity contribution in [1.82, 2.24) is 5.32 Å². The van der Waals surface area contributed by atoms with Gasteiger partial charge in [0.15, 0.2) is 0 Å². The lowest BCUT2D eigenvalue weighted by Gasteiger charge is -2.18. The molecule has 0 radical (unpaired) electrons. The molecule has 1 aromatic heterocycles. The number of hydrogen-bond acceptors (Lipinski definition) is 2. The van der Waals surface area contributed by atoms with Crippen LogP contribution in [0, 0.1) is 13.8 Å². The second-order valence-electron chi connectivity index (χ2n) is 4.79. The number of benzene rings is 1. The van der Waals surface area contributed by atoms with Crippen LogP contribution in [0.4, 0.5) is 0 Å². The molecule has 1 N–H and O–H groups in total. The van der Waals surface area contributed by atoms with E-state index < -0.39 is 0 Å². The second kappa shape index (κ2) is 6.17. The van der Waals surface area contributed by atoms with Gasteiger partial charge >= 0.3 is 0 Å². The molecule has 0 saturated heterocycles. The standard InChI is InChI=1S/C16H21NS/c1-4-9-17-16(15-10-13(3)18-11-15)14-7-5-12(2)6-8-14/h5-8,10-11,16-17H,4,9H2,1-3H3. The molecule has 2 rings (SSSR count). The Morgan fingerprint density at radius 3 is 2.39 bits per heavy atom. The lowest BCUT2D eigenvalue weighted by molar-refractivity contribution is 0.600. The number of hydrogen-bond donors (Lipinski definition) is 1. The van der Waals surface area contributed by atoms with Crippen molar-refractivity contribution in [1.29, 1.82) is 0 Å².